The number of anilines is 1. The molecule has 0 unspecified atom stereocenters. The smallest absolute Gasteiger partial charge is 0.0460 e. The summed E-state index contributed by atoms with van der Waals surface area (Å²) in [5.74, 6) is 1.18. The van der Waals surface area contributed by atoms with Gasteiger partial charge in [-0.25, -0.2) is 0 Å². The molecule has 0 amide bonds. The van der Waals surface area contributed by atoms with Gasteiger partial charge in [-0.15, -0.1) is 0 Å². The molecule has 2 aromatic rings. The van der Waals surface area contributed by atoms with Crippen LogP contribution in [0.5, 0.6) is 0 Å². The van der Waals surface area contributed by atoms with E-state index in [1.165, 1.54) is 78.9 Å². The topological polar surface area (TPSA) is 31.1 Å². The van der Waals surface area contributed by atoms with Crippen LogP contribution in [0.25, 0.3) is 10.9 Å². The molecule has 1 fully saturated rings. The van der Waals surface area contributed by atoms with Crippen molar-refractivity contribution in [1.82, 2.24) is 9.88 Å². The number of aryl methyl sites for hydroxylation is 1. The van der Waals surface area contributed by atoms with E-state index in [9.17, 15) is 0 Å². The Labute approximate surface area is 144 Å². The van der Waals surface area contributed by atoms with Gasteiger partial charge in [-0.05, 0) is 56.6 Å². The molecule has 1 aliphatic heterocycles. The highest BCUT2D eigenvalue weighted by atomic mass is 32.2. The summed E-state index contributed by atoms with van der Waals surface area (Å²) in [5.41, 5.74) is 5.30. The quantitative estimate of drug-likeness (QED) is 0.502. The molecular weight excluding hydrogens is 302 g/mol. The van der Waals surface area contributed by atoms with Crippen LogP contribution in [0.3, 0.4) is 0 Å². The van der Waals surface area contributed by atoms with Crippen LogP contribution in [-0.4, -0.2) is 35.3 Å². The van der Waals surface area contributed by atoms with Gasteiger partial charge in [0.25, 0.3) is 0 Å². The number of likely N-dealkylation sites (tertiary alicyclic amines) is 1. The minimum absolute atomic E-state index is 1.13. The normalized spacial score (nSPS) is 15.0. The van der Waals surface area contributed by atoms with Crippen molar-refractivity contribution in [2.75, 3.05) is 30.1 Å². The number of benzene rings is 1. The van der Waals surface area contributed by atoms with E-state index in [4.69, 9.17) is 0 Å². The molecular formula is C19H29N3S. The lowest BCUT2D eigenvalue weighted by Gasteiger charge is -2.30. The zero-order valence-corrected chi connectivity index (χ0v) is 15.3. The van der Waals surface area contributed by atoms with E-state index in [2.05, 4.69) is 46.7 Å². The molecule has 0 bridgehead atoms. The molecule has 1 aliphatic rings. The standard InChI is InChI=1S/C19H29N3S/c1-3-4-5-13-23-21-16-7-8-19-17(14-16)15(2)18(20-19)9-12-22-10-6-11-22/h7-8,14,20-21H,3-6,9-13H2,1-2H3. The first kappa shape index (κ1) is 16.7. The van der Waals surface area contributed by atoms with E-state index in [0.717, 1.165) is 6.42 Å². The molecule has 126 valence electrons. The summed E-state index contributed by atoms with van der Waals surface area (Å²) in [6.07, 6.45) is 6.41. The summed E-state index contributed by atoms with van der Waals surface area (Å²) in [5, 5.41) is 1.36. The predicted molar refractivity (Wildman–Crippen MR) is 103 cm³/mol. The van der Waals surface area contributed by atoms with E-state index >= 15 is 0 Å². The molecule has 2 N–H and O–H groups in total. The Morgan fingerprint density at radius 2 is 2.13 bits per heavy atom. The summed E-state index contributed by atoms with van der Waals surface area (Å²) in [6.45, 7) is 8.25. The third-order valence-electron chi connectivity index (χ3n) is 4.83. The number of fused-ring (bicyclic) bond motifs is 1. The predicted octanol–water partition coefficient (Wildman–Crippen LogP) is 4.97. The van der Waals surface area contributed by atoms with Gasteiger partial charge in [0, 0.05) is 41.0 Å². The Balaban J connectivity index is 1.60. The van der Waals surface area contributed by atoms with Crippen molar-refractivity contribution in [3.63, 3.8) is 0 Å². The van der Waals surface area contributed by atoms with Gasteiger partial charge >= 0.3 is 0 Å². The van der Waals surface area contributed by atoms with Crippen molar-refractivity contribution in [3.05, 3.63) is 29.5 Å². The van der Waals surface area contributed by atoms with Gasteiger partial charge in [0.15, 0.2) is 0 Å². The fourth-order valence-corrected chi connectivity index (χ4v) is 3.87. The van der Waals surface area contributed by atoms with Crippen molar-refractivity contribution >= 4 is 28.5 Å². The highest BCUT2D eigenvalue weighted by Crippen LogP contribution is 2.27. The van der Waals surface area contributed by atoms with Gasteiger partial charge in [-0.2, -0.15) is 0 Å². The first-order valence-electron chi connectivity index (χ1n) is 8.99. The zero-order valence-electron chi connectivity index (χ0n) is 14.5. The number of unbranched alkanes of at least 4 members (excludes halogenated alkanes) is 2. The van der Waals surface area contributed by atoms with Crippen LogP contribution in [0.1, 0.15) is 43.9 Å². The van der Waals surface area contributed by atoms with Crippen molar-refractivity contribution < 1.29 is 0 Å². The first-order valence-corrected chi connectivity index (χ1v) is 9.98. The largest absolute Gasteiger partial charge is 0.358 e. The van der Waals surface area contributed by atoms with Crippen LogP contribution in [0.15, 0.2) is 18.2 Å². The minimum atomic E-state index is 1.13. The lowest BCUT2D eigenvalue weighted by molar-refractivity contribution is 0.183. The molecule has 4 heteroatoms. The number of nitrogens with zero attached hydrogens (tertiary/aromatic N) is 1. The number of H-pyrrole nitrogens is 1. The van der Waals surface area contributed by atoms with Crippen molar-refractivity contribution in [2.24, 2.45) is 0 Å². The van der Waals surface area contributed by atoms with E-state index in [1.807, 2.05) is 11.9 Å². The van der Waals surface area contributed by atoms with Crippen molar-refractivity contribution in [3.8, 4) is 0 Å². The number of rotatable bonds is 9. The van der Waals surface area contributed by atoms with E-state index in [1.54, 1.807) is 0 Å². The van der Waals surface area contributed by atoms with Gasteiger partial charge in [-0.1, -0.05) is 31.7 Å². The van der Waals surface area contributed by atoms with Crippen LogP contribution in [-0.2, 0) is 6.42 Å². The Bertz CT molecular complexity index is 631. The van der Waals surface area contributed by atoms with Crippen LogP contribution in [0.2, 0.25) is 0 Å². The summed E-state index contributed by atoms with van der Waals surface area (Å²) in [4.78, 5) is 6.15. The fraction of sp³-hybridized carbons (Fsp3) is 0.579. The van der Waals surface area contributed by atoms with E-state index in [-0.39, 0.29) is 0 Å². The maximum atomic E-state index is 3.62. The zero-order chi connectivity index (χ0) is 16.1. The molecule has 0 atom stereocenters. The second-order valence-corrected chi connectivity index (χ2v) is 7.49. The molecule has 23 heavy (non-hydrogen) atoms. The lowest BCUT2D eigenvalue weighted by Crippen LogP contribution is -2.38. The minimum Gasteiger partial charge on any atom is -0.358 e. The van der Waals surface area contributed by atoms with Crippen molar-refractivity contribution in [1.29, 1.82) is 0 Å². The third kappa shape index (κ3) is 4.24. The Kier molecular flexibility index (Phi) is 5.90. The fourth-order valence-electron chi connectivity index (χ4n) is 3.13. The molecule has 1 aromatic heterocycles. The van der Waals surface area contributed by atoms with Crippen LogP contribution in [0, 0.1) is 6.92 Å². The monoisotopic (exact) mass is 331 g/mol. The van der Waals surface area contributed by atoms with Gasteiger partial charge in [-0.3, -0.25) is 0 Å². The maximum absolute atomic E-state index is 3.62. The highest BCUT2D eigenvalue weighted by molar-refractivity contribution is 8.00. The molecule has 0 saturated carbocycles. The summed E-state index contributed by atoms with van der Waals surface area (Å²) in [6, 6.07) is 6.69. The third-order valence-corrected chi connectivity index (χ3v) is 5.70. The number of nitrogens with one attached hydrogen (secondary N) is 2. The number of aromatic amines is 1. The summed E-state index contributed by atoms with van der Waals surface area (Å²) < 4.78 is 3.50. The van der Waals surface area contributed by atoms with E-state index in [0.29, 0.717) is 0 Å². The molecule has 3 nitrogen and oxygen atoms in total. The Morgan fingerprint density at radius 3 is 2.87 bits per heavy atom. The first-order chi connectivity index (χ1) is 11.3. The molecule has 1 saturated heterocycles. The number of hydrogen-bond acceptors (Lipinski definition) is 3. The van der Waals surface area contributed by atoms with Crippen LogP contribution >= 0.6 is 11.9 Å². The van der Waals surface area contributed by atoms with Crippen LogP contribution < -0.4 is 4.72 Å². The molecule has 1 aromatic carbocycles. The molecule has 2 heterocycles. The average Bonchev–Trinajstić information content (AvgIpc) is 2.82. The second-order valence-electron chi connectivity index (χ2n) is 6.59. The summed E-state index contributed by atoms with van der Waals surface area (Å²) >= 11 is 1.83. The molecule has 0 spiro atoms. The molecule has 0 aliphatic carbocycles. The SMILES string of the molecule is CCCCCSNc1ccc2[nH]c(CCN3CCC3)c(C)c2c1. The summed E-state index contributed by atoms with van der Waals surface area (Å²) in [7, 11) is 0. The van der Waals surface area contributed by atoms with Gasteiger partial charge in [0.2, 0.25) is 0 Å². The van der Waals surface area contributed by atoms with Crippen molar-refractivity contribution in [2.45, 2.75) is 46.0 Å². The van der Waals surface area contributed by atoms with Gasteiger partial charge in [0.1, 0.15) is 0 Å². The molecule has 0 radical (unpaired) electrons. The van der Waals surface area contributed by atoms with Crippen LogP contribution in [0.4, 0.5) is 5.69 Å². The Hall–Kier alpha value is -1.13. The average molecular weight is 332 g/mol. The lowest BCUT2D eigenvalue weighted by atomic mass is 10.1. The number of aromatic nitrogens is 1. The number of hydrogen-bond donors (Lipinski definition) is 2. The maximum Gasteiger partial charge on any atom is 0.0460 e. The van der Waals surface area contributed by atoms with Gasteiger partial charge in [0.05, 0.1) is 0 Å². The second kappa shape index (κ2) is 8.11. The highest BCUT2D eigenvalue weighted by Gasteiger charge is 2.15. The van der Waals surface area contributed by atoms with Gasteiger partial charge < -0.3 is 14.6 Å². The van der Waals surface area contributed by atoms with E-state index < -0.39 is 0 Å². The molecule has 3 rings (SSSR count). The Morgan fingerprint density at radius 1 is 1.26 bits per heavy atom.